The maximum atomic E-state index is 14.1. The lowest BCUT2D eigenvalue weighted by molar-refractivity contribution is 0.556. The fourth-order valence-corrected chi connectivity index (χ4v) is 3.24. The fourth-order valence-electron chi connectivity index (χ4n) is 2.69. The second-order valence-corrected chi connectivity index (χ2v) is 9.74. The average Bonchev–Trinajstić information content (AvgIpc) is 2.64. The summed E-state index contributed by atoms with van der Waals surface area (Å²) in [4.78, 5) is 5.31. The Hall–Kier alpha value is -3.12. The molecule has 0 fully saturated rings. The number of nitrogens with two attached hydrogens (primary N) is 1. The van der Waals surface area contributed by atoms with Crippen LogP contribution in [0.1, 0.15) is 37.5 Å². The normalized spacial score (nSPS) is 12.3. The third-order valence-corrected chi connectivity index (χ3v) is 4.92. The zero-order valence-electron chi connectivity index (χ0n) is 17.5. The number of nitrogens with zero attached hydrogens (tertiary/aromatic N) is 3. The molecule has 2 rings (SSSR count). The summed E-state index contributed by atoms with van der Waals surface area (Å²) >= 11 is 0. The van der Waals surface area contributed by atoms with Crippen molar-refractivity contribution < 1.29 is 12.8 Å². The molecule has 0 bridgehead atoms. The van der Waals surface area contributed by atoms with Crippen LogP contribution in [0.15, 0.2) is 47.5 Å². The van der Waals surface area contributed by atoms with Crippen LogP contribution in [0.2, 0.25) is 0 Å². The van der Waals surface area contributed by atoms with Gasteiger partial charge in [-0.15, -0.1) is 0 Å². The Morgan fingerprint density at radius 1 is 1.23 bits per heavy atom. The van der Waals surface area contributed by atoms with E-state index in [0.717, 1.165) is 17.9 Å². The fraction of sp³-hybridized carbons (Fsp3) is 0.333. The van der Waals surface area contributed by atoms with E-state index >= 15 is 0 Å². The van der Waals surface area contributed by atoms with Crippen molar-refractivity contribution in [1.82, 2.24) is 4.90 Å². The summed E-state index contributed by atoms with van der Waals surface area (Å²) in [5, 5.41) is 9.43. The Bertz CT molecular complexity index is 1070. The quantitative estimate of drug-likeness (QED) is 0.315. The van der Waals surface area contributed by atoms with Crippen molar-refractivity contribution in [1.29, 1.82) is 5.26 Å². The van der Waals surface area contributed by atoms with E-state index in [1.165, 1.54) is 22.6 Å². The van der Waals surface area contributed by atoms with Crippen molar-refractivity contribution in [3.63, 3.8) is 0 Å². The molecule has 3 N–H and O–H groups in total. The molecule has 0 heterocycles. The van der Waals surface area contributed by atoms with Gasteiger partial charge in [0.2, 0.25) is 16.0 Å². The number of hydrogen-bond acceptors (Lipinski definition) is 4. The Morgan fingerprint density at radius 3 is 2.40 bits per heavy atom. The van der Waals surface area contributed by atoms with Crippen molar-refractivity contribution in [3.8, 4) is 6.19 Å². The SMILES string of the molecule is CC(C)(C)c1ccc(CN(C#N)C(N)=NCc2cc(NS(C)(=O)=O)ccc2F)cc1. The van der Waals surface area contributed by atoms with Crippen LogP contribution in [0.5, 0.6) is 0 Å². The first-order valence-electron chi connectivity index (χ1n) is 9.22. The van der Waals surface area contributed by atoms with Gasteiger partial charge in [0.15, 0.2) is 6.19 Å². The molecule has 0 unspecified atom stereocenters. The lowest BCUT2D eigenvalue weighted by Crippen LogP contribution is -2.33. The highest BCUT2D eigenvalue weighted by molar-refractivity contribution is 7.92. The van der Waals surface area contributed by atoms with Gasteiger partial charge in [0.1, 0.15) is 5.82 Å². The van der Waals surface area contributed by atoms with Crippen LogP contribution in [0.25, 0.3) is 0 Å². The van der Waals surface area contributed by atoms with Gasteiger partial charge in [-0.05, 0) is 34.7 Å². The lowest BCUT2D eigenvalue weighted by atomic mass is 9.87. The van der Waals surface area contributed by atoms with Crippen molar-refractivity contribution in [3.05, 3.63) is 65.0 Å². The number of rotatable bonds is 6. The number of halogens is 1. The van der Waals surface area contributed by atoms with Gasteiger partial charge >= 0.3 is 0 Å². The van der Waals surface area contributed by atoms with Gasteiger partial charge in [0.25, 0.3) is 0 Å². The number of anilines is 1. The predicted molar refractivity (Wildman–Crippen MR) is 116 cm³/mol. The minimum absolute atomic E-state index is 0.0263. The average molecular weight is 432 g/mol. The van der Waals surface area contributed by atoms with Gasteiger partial charge in [-0.3, -0.25) is 4.72 Å². The topological polar surface area (TPSA) is 112 Å². The van der Waals surface area contributed by atoms with E-state index < -0.39 is 15.8 Å². The molecule has 2 aromatic rings. The van der Waals surface area contributed by atoms with E-state index in [0.29, 0.717) is 0 Å². The first-order chi connectivity index (χ1) is 13.9. The van der Waals surface area contributed by atoms with Crippen LogP contribution in [0.3, 0.4) is 0 Å². The van der Waals surface area contributed by atoms with Crippen LogP contribution in [0, 0.1) is 17.3 Å². The van der Waals surface area contributed by atoms with Crippen molar-refractivity contribution >= 4 is 21.7 Å². The molecule has 0 spiro atoms. The number of hydrogen-bond donors (Lipinski definition) is 2. The summed E-state index contributed by atoms with van der Waals surface area (Å²) in [6.07, 6.45) is 2.99. The third kappa shape index (κ3) is 6.74. The summed E-state index contributed by atoms with van der Waals surface area (Å²) in [5.74, 6) is -0.606. The van der Waals surface area contributed by atoms with Crippen molar-refractivity contribution in [2.24, 2.45) is 10.7 Å². The minimum atomic E-state index is -3.49. The highest BCUT2D eigenvalue weighted by Gasteiger charge is 2.14. The Balaban J connectivity index is 2.13. The van der Waals surface area contributed by atoms with E-state index in [1.54, 1.807) is 0 Å². The number of benzene rings is 2. The molecule has 0 aliphatic carbocycles. The van der Waals surface area contributed by atoms with Crippen LogP contribution < -0.4 is 10.5 Å². The van der Waals surface area contributed by atoms with Gasteiger partial charge in [-0.1, -0.05) is 45.0 Å². The molecule has 0 radical (unpaired) electrons. The van der Waals surface area contributed by atoms with Crippen LogP contribution >= 0.6 is 0 Å². The molecule has 0 aliphatic heterocycles. The molecule has 0 amide bonds. The van der Waals surface area contributed by atoms with Crippen LogP contribution in [-0.2, 0) is 28.5 Å². The molecule has 0 saturated carbocycles. The molecule has 0 aromatic heterocycles. The number of nitrogens with one attached hydrogen (secondary N) is 1. The standard InChI is InChI=1S/C21H26FN5O2S/c1-21(2,3)17-7-5-15(6-8-17)13-27(14-23)20(24)25-12-16-11-18(9-10-19(16)22)26-30(4,28)29/h5-11,26H,12-13H2,1-4H3,(H2,24,25). The van der Waals surface area contributed by atoms with Crippen LogP contribution in [-0.4, -0.2) is 25.5 Å². The molecular weight excluding hydrogens is 405 g/mol. The monoisotopic (exact) mass is 431 g/mol. The van der Waals surface area contributed by atoms with E-state index in [-0.39, 0.29) is 35.7 Å². The molecule has 9 heteroatoms. The number of aliphatic imine (C=N–C) groups is 1. The maximum Gasteiger partial charge on any atom is 0.229 e. The molecule has 2 aromatic carbocycles. The number of nitriles is 1. The summed E-state index contributed by atoms with van der Waals surface area (Å²) in [7, 11) is -3.49. The molecule has 0 atom stereocenters. The summed E-state index contributed by atoms with van der Waals surface area (Å²) < 4.78 is 39.0. The second-order valence-electron chi connectivity index (χ2n) is 7.99. The second kappa shape index (κ2) is 9.13. The van der Waals surface area contributed by atoms with Gasteiger partial charge in [-0.25, -0.2) is 22.7 Å². The largest absolute Gasteiger partial charge is 0.369 e. The molecular formula is C21H26FN5O2S. The Morgan fingerprint density at radius 2 is 1.87 bits per heavy atom. The van der Waals surface area contributed by atoms with E-state index in [4.69, 9.17) is 5.73 Å². The summed E-state index contributed by atoms with van der Waals surface area (Å²) in [5.41, 5.74) is 8.39. The third-order valence-electron chi connectivity index (χ3n) is 4.32. The number of guanidine groups is 1. The van der Waals surface area contributed by atoms with Gasteiger partial charge in [0.05, 0.1) is 19.3 Å². The lowest BCUT2D eigenvalue weighted by Gasteiger charge is -2.20. The maximum absolute atomic E-state index is 14.1. The first-order valence-corrected chi connectivity index (χ1v) is 11.1. The summed E-state index contributed by atoms with van der Waals surface area (Å²) in [6.45, 7) is 6.45. The van der Waals surface area contributed by atoms with E-state index in [9.17, 15) is 18.1 Å². The van der Waals surface area contributed by atoms with Crippen LogP contribution in [0.4, 0.5) is 10.1 Å². The molecule has 0 saturated heterocycles. The Kier molecular flexibility index (Phi) is 7.05. The molecule has 160 valence electrons. The van der Waals surface area contributed by atoms with Gasteiger partial charge in [-0.2, -0.15) is 5.26 Å². The highest BCUT2D eigenvalue weighted by atomic mass is 32.2. The molecule has 7 nitrogen and oxygen atoms in total. The van der Waals surface area contributed by atoms with E-state index in [2.05, 4.69) is 30.5 Å². The van der Waals surface area contributed by atoms with Gasteiger partial charge in [0, 0.05) is 11.3 Å². The van der Waals surface area contributed by atoms with E-state index in [1.807, 2.05) is 30.5 Å². The number of sulfonamides is 1. The zero-order chi connectivity index (χ0) is 22.5. The Labute approximate surface area is 177 Å². The first kappa shape index (κ1) is 23.2. The molecule has 30 heavy (non-hydrogen) atoms. The zero-order valence-corrected chi connectivity index (χ0v) is 18.3. The predicted octanol–water partition coefficient (Wildman–Crippen LogP) is 3.29. The van der Waals surface area contributed by atoms with Crippen molar-refractivity contribution in [2.75, 3.05) is 11.0 Å². The smallest absolute Gasteiger partial charge is 0.229 e. The van der Waals surface area contributed by atoms with Crippen molar-refractivity contribution in [2.45, 2.75) is 39.3 Å². The van der Waals surface area contributed by atoms with Gasteiger partial charge < -0.3 is 5.73 Å². The molecule has 0 aliphatic rings. The summed E-state index contributed by atoms with van der Waals surface area (Å²) in [6, 6.07) is 11.7. The minimum Gasteiger partial charge on any atom is -0.369 e. The highest BCUT2D eigenvalue weighted by Crippen LogP contribution is 2.22.